The first kappa shape index (κ1) is 15.6. The number of nitrogen functional groups attached to an aromatic ring is 2. The maximum absolute atomic E-state index is 5.84. The van der Waals surface area contributed by atoms with Gasteiger partial charge in [0, 0.05) is 6.07 Å². The highest BCUT2D eigenvalue weighted by atomic mass is 16.5. The molecule has 0 aromatic carbocycles. The van der Waals surface area contributed by atoms with Crippen LogP contribution in [-0.2, 0) is 0 Å². The van der Waals surface area contributed by atoms with Crippen molar-refractivity contribution in [2.45, 2.75) is 19.8 Å². The molecule has 0 saturated heterocycles. The molecule has 0 aliphatic heterocycles. The quantitative estimate of drug-likeness (QED) is 0.860. The molecule has 2 rings (SSSR count). The molecule has 0 atom stereocenters. The average Bonchev–Trinajstić information content (AvgIpc) is 2.48. The Morgan fingerprint density at radius 1 is 1.05 bits per heavy atom. The number of pyridine rings is 1. The molecule has 0 aliphatic carbocycles. The SMILES string of the molecule is COc1cc(Oc2cnc(N)nc2N)c(C(C)C)c(OC)n1. The van der Waals surface area contributed by atoms with Gasteiger partial charge < -0.3 is 25.7 Å². The third-order valence-electron chi connectivity index (χ3n) is 2.96. The van der Waals surface area contributed by atoms with Crippen LogP contribution in [0.4, 0.5) is 11.8 Å². The van der Waals surface area contributed by atoms with E-state index in [1.165, 1.54) is 20.4 Å². The topological polar surface area (TPSA) is 118 Å². The van der Waals surface area contributed by atoms with Gasteiger partial charge >= 0.3 is 0 Å². The Balaban J connectivity index is 2.52. The van der Waals surface area contributed by atoms with Crippen molar-refractivity contribution < 1.29 is 14.2 Å². The summed E-state index contributed by atoms with van der Waals surface area (Å²) in [4.78, 5) is 12.0. The number of nitrogens with zero attached hydrogens (tertiary/aromatic N) is 3. The molecule has 2 aromatic heterocycles. The Morgan fingerprint density at radius 3 is 2.32 bits per heavy atom. The minimum Gasteiger partial charge on any atom is -0.481 e. The second kappa shape index (κ2) is 6.33. The number of nitrogens with two attached hydrogens (primary N) is 2. The maximum atomic E-state index is 5.84. The molecule has 118 valence electrons. The standard InChI is InChI=1S/C14H19N5O3/c1-7(2)11-8(5-10(20-3)18-13(11)21-4)22-9-6-17-14(16)19-12(9)15/h5-7H,1-4H3,(H4,15,16,17,19). The summed E-state index contributed by atoms with van der Waals surface area (Å²) < 4.78 is 16.3. The zero-order chi connectivity index (χ0) is 16.3. The highest BCUT2D eigenvalue weighted by molar-refractivity contribution is 5.53. The summed E-state index contributed by atoms with van der Waals surface area (Å²) in [6.45, 7) is 4.00. The van der Waals surface area contributed by atoms with Gasteiger partial charge in [-0.25, -0.2) is 4.98 Å². The van der Waals surface area contributed by atoms with Gasteiger partial charge in [-0.3, -0.25) is 0 Å². The number of ether oxygens (including phenoxy) is 3. The molecule has 0 bridgehead atoms. The van der Waals surface area contributed by atoms with E-state index in [0.717, 1.165) is 5.56 Å². The van der Waals surface area contributed by atoms with Gasteiger partial charge in [0.05, 0.1) is 26.0 Å². The van der Waals surface area contributed by atoms with Crippen molar-refractivity contribution in [1.29, 1.82) is 0 Å². The Hall–Kier alpha value is -2.77. The molecule has 2 aromatic rings. The fourth-order valence-electron chi connectivity index (χ4n) is 1.96. The van der Waals surface area contributed by atoms with Gasteiger partial charge in [0.15, 0.2) is 11.6 Å². The van der Waals surface area contributed by atoms with Crippen LogP contribution in [0.2, 0.25) is 0 Å². The van der Waals surface area contributed by atoms with Gasteiger partial charge in [0.2, 0.25) is 17.7 Å². The summed E-state index contributed by atoms with van der Waals surface area (Å²) in [6, 6.07) is 1.66. The predicted octanol–water partition coefficient (Wildman–Crippen LogP) is 1.97. The number of aromatic nitrogens is 3. The number of anilines is 2. The first-order valence-corrected chi connectivity index (χ1v) is 6.65. The lowest BCUT2D eigenvalue weighted by atomic mass is 10.0. The molecular weight excluding hydrogens is 286 g/mol. The Kier molecular flexibility index (Phi) is 4.50. The van der Waals surface area contributed by atoms with E-state index >= 15 is 0 Å². The van der Waals surface area contributed by atoms with Crippen LogP contribution in [0.25, 0.3) is 0 Å². The molecular formula is C14H19N5O3. The van der Waals surface area contributed by atoms with E-state index in [-0.39, 0.29) is 17.7 Å². The van der Waals surface area contributed by atoms with Crippen molar-refractivity contribution in [3.8, 4) is 23.3 Å². The molecule has 0 amide bonds. The summed E-state index contributed by atoms with van der Waals surface area (Å²) in [5.41, 5.74) is 12.1. The van der Waals surface area contributed by atoms with Crippen molar-refractivity contribution in [3.05, 3.63) is 17.8 Å². The van der Waals surface area contributed by atoms with E-state index in [9.17, 15) is 0 Å². The van der Waals surface area contributed by atoms with Crippen LogP contribution < -0.4 is 25.7 Å². The van der Waals surface area contributed by atoms with Crippen LogP contribution in [-0.4, -0.2) is 29.2 Å². The minimum absolute atomic E-state index is 0.0822. The van der Waals surface area contributed by atoms with Crippen molar-refractivity contribution in [2.75, 3.05) is 25.7 Å². The van der Waals surface area contributed by atoms with Gasteiger partial charge in [-0.2, -0.15) is 9.97 Å². The van der Waals surface area contributed by atoms with Crippen molar-refractivity contribution in [2.24, 2.45) is 0 Å². The Labute approximate surface area is 128 Å². The summed E-state index contributed by atoms with van der Waals surface area (Å²) in [5, 5.41) is 0. The third-order valence-corrected chi connectivity index (χ3v) is 2.96. The molecule has 4 N–H and O–H groups in total. The van der Waals surface area contributed by atoms with Crippen molar-refractivity contribution in [1.82, 2.24) is 15.0 Å². The fraction of sp³-hybridized carbons (Fsp3) is 0.357. The van der Waals surface area contributed by atoms with Gasteiger partial charge in [0.25, 0.3) is 0 Å². The molecule has 0 aliphatic rings. The lowest BCUT2D eigenvalue weighted by Crippen LogP contribution is -2.05. The van der Waals surface area contributed by atoms with Crippen molar-refractivity contribution >= 4 is 11.8 Å². The third kappa shape index (κ3) is 3.11. The van der Waals surface area contributed by atoms with Crippen LogP contribution in [0.15, 0.2) is 12.3 Å². The van der Waals surface area contributed by atoms with E-state index in [0.29, 0.717) is 23.3 Å². The molecule has 0 saturated carbocycles. The van der Waals surface area contributed by atoms with Gasteiger partial charge in [-0.05, 0) is 5.92 Å². The van der Waals surface area contributed by atoms with Crippen LogP contribution in [0.1, 0.15) is 25.3 Å². The summed E-state index contributed by atoms with van der Waals surface area (Å²) in [5.74, 6) is 1.95. The molecule has 2 heterocycles. The summed E-state index contributed by atoms with van der Waals surface area (Å²) in [7, 11) is 3.05. The fourth-order valence-corrected chi connectivity index (χ4v) is 1.96. The van der Waals surface area contributed by atoms with Crippen LogP contribution in [0.5, 0.6) is 23.3 Å². The smallest absolute Gasteiger partial charge is 0.223 e. The summed E-state index contributed by atoms with van der Waals surface area (Å²) >= 11 is 0. The zero-order valence-electron chi connectivity index (χ0n) is 13.0. The second-order valence-electron chi connectivity index (χ2n) is 4.82. The number of methoxy groups -OCH3 is 2. The van der Waals surface area contributed by atoms with Gasteiger partial charge in [-0.1, -0.05) is 13.8 Å². The van der Waals surface area contributed by atoms with E-state index in [1.54, 1.807) is 6.07 Å². The van der Waals surface area contributed by atoms with Gasteiger partial charge in [0.1, 0.15) is 5.75 Å². The average molecular weight is 305 g/mol. The monoisotopic (exact) mass is 305 g/mol. The van der Waals surface area contributed by atoms with Crippen LogP contribution >= 0.6 is 0 Å². The Morgan fingerprint density at radius 2 is 1.77 bits per heavy atom. The molecule has 0 spiro atoms. The van der Waals surface area contributed by atoms with E-state index in [2.05, 4.69) is 15.0 Å². The van der Waals surface area contributed by atoms with E-state index in [4.69, 9.17) is 25.7 Å². The maximum Gasteiger partial charge on any atom is 0.223 e. The lowest BCUT2D eigenvalue weighted by molar-refractivity contribution is 0.351. The molecule has 0 fully saturated rings. The zero-order valence-corrected chi connectivity index (χ0v) is 13.0. The first-order chi connectivity index (χ1) is 10.5. The Bertz CT molecular complexity index is 676. The highest BCUT2D eigenvalue weighted by Crippen LogP contribution is 2.39. The van der Waals surface area contributed by atoms with E-state index < -0.39 is 0 Å². The number of hydrogen-bond acceptors (Lipinski definition) is 8. The largest absolute Gasteiger partial charge is 0.481 e. The lowest BCUT2D eigenvalue weighted by Gasteiger charge is -2.17. The van der Waals surface area contributed by atoms with Gasteiger partial charge in [-0.15, -0.1) is 0 Å². The highest BCUT2D eigenvalue weighted by Gasteiger charge is 2.20. The van der Waals surface area contributed by atoms with Crippen molar-refractivity contribution in [3.63, 3.8) is 0 Å². The number of hydrogen-bond donors (Lipinski definition) is 2. The molecule has 0 unspecified atom stereocenters. The molecule has 8 heteroatoms. The van der Waals surface area contributed by atoms with E-state index in [1.807, 2.05) is 13.8 Å². The summed E-state index contributed by atoms with van der Waals surface area (Å²) in [6.07, 6.45) is 1.42. The second-order valence-corrected chi connectivity index (χ2v) is 4.82. The minimum atomic E-state index is 0.0822. The van der Waals surface area contributed by atoms with Crippen LogP contribution in [0.3, 0.4) is 0 Å². The number of rotatable bonds is 5. The molecule has 22 heavy (non-hydrogen) atoms. The molecule has 8 nitrogen and oxygen atoms in total. The normalized spacial score (nSPS) is 10.6. The predicted molar refractivity (Wildman–Crippen MR) is 82.4 cm³/mol. The molecule has 0 radical (unpaired) electrons. The first-order valence-electron chi connectivity index (χ1n) is 6.65. The van der Waals surface area contributed by atoms with Crippen LogP contribution in [0, 0.1) is 0 Å².